The first-order valence-electron chi connectivity index (χ1n) is 7.68. The van der Waals surface area contributed by atoms with Crippen LogP contribution in [0.3, 0.4) is 0 Å². The maximum Gasteiger partial charge on any atom is 0.345 e. The van der Waals surface area contributed by atoms with Gasteiger partial charge in [-0.3, -0.25) is 10.1 Å². The lowest BCUT2D eigenvalue weighted by Crippen LogP contribution is -2.08. The fourth-order valence-corrected chi connectivity index (χ4v) is 3.27. The number of carbonyl (C=O) groups is 1. The van der Waals surface area contributed by atoms with Gasteiger partial charge in [-0.05, 0) is 36.4 Å². The van der Waals surface area contributed by atoms with Crippen molar-refractivity contribution in [2.45, 2.75) is 6.61 Å². The van der Waals surface area contributed by atoms with Crippen LogP contribution < -0.4 is 4.74 Å². The minimum Gasteiger partial charge on any atom is -0.497 e. The molecule has 0 bridgehead atoms. The lowest BCUT2D eigenvalue weighted by molar-refractivity contribution is -0.385. The van der Waals surface area contributed by atoms with E-state index in [4.69, 9.17) is 21.1 Å². The largest absolute Gasteiger partial charge is 0.497 e. The molecule has 0 N–H and O–H groups in total. The second-order valence-electron chi connectivity index (χ2n) is 5.37. The van der Waals surface area contributed by atoms with E-state index in [0.717, 1.165) is 16.3 Å². The molecule has 0 aliphatic rings. The Kier molecular flexibility index (Phi) is 5.68. The van der Waals surface area contributed by atoms with Crippen molar-refractivity contribution < 1.29 is 19.2 Å². The van der Waals surface area contributed by atoms with Crippen molar-refractivity contribution in [1.29, 1.82) is 0 Å². The first-order valence-corrected chi connectivity index (χ1v) is 8.93. The summed E-state index contributed by atoms with van der Waals surface area (Å²) in [5.74, 6) is -0.0872. The Balaban J connectivity index is 1.70. The lowest BCUT2D eigenvalue weighted by Gasteiger charge is -2.04. The summed E-state index contributed by atoms with van der Waals surface area (Å²) in [5, 5.41) is 13.8. The first kappa shape index (κ1) is 18.8. The number of esters is 1. The van der Waals surface area contributed by atoms with E-state index in [9.17, 15) is 14.9 Å². The Labute approximate surface area is 163 Å². The molecule has 0 fully saturated rings. The number of ether oxygens (including phenoxy) is 2. The number of benzene rings is 2. The van der Waals surface area contributed by atoms with E-state index >= 15 is 0 Å². The zero-order valence-electron chi connectivity index (χ0n) is 14.0. The fourth-order valence-electron chi connectivity index (χ4n) is 2.29. The monoisotopic (exact) mass is 404 g/mol. The lowest BCUT2D eigenvalue weighted by atomic mass is 10.2. The van der Waals surface area contributed by atoms with Gasteiger partial charge in [-0.2, -0.15) is 0 Å². The van der Waals surface area contributed by atoms with Crippen LogP contribution in [0.15, 0.2) is 47.8 Å². The minimum absolute atomic E-state index is 0.102. The topological polar surface area (TPSA) is 91.6 Å². The van der Waals surface area contributed by atoms with Crippen LogP contribution in [0.5, 0.6) is 5.75 Å². The molecule has 27 heavy (non-hydrogen) atoms. The van der Waals surface area contributed by atoms with Gasteiger partial charge in [0.2, 0.25) is 0 Å². The third-order valence-corrected chi connectivity index (χ3v) is 4.79. The van der Waals surface area contributed by atoms with Crippen LogP contribution in [0.1, 0.15) is 16.1 Å². The van der Waals surface area contributed by atoms with Crippen LogP contribution in [0.4, 0.5) is 5.69 Å². The van der Waals surface area contributed by atoms with E-state index in [1.807, 2.05) is 24.3 Å². The predicted molar refractivity (Wildman–Crippen MR) is 101 cm³/mol. The summed E-state index contributed by atoms with van der Waals surface area (Å²) in [6.45, 7) is -0.102. The van der Waals surface area contributed by atoms with Gasteiger partial charge >= 0.3 is 5.97 Å². The molecule has 0 atom stereocenters. The summed E-state index contributed by atoms with van der Waals surface area (Å²) >= 11 is 7.23. The number of nitro benzene ring substituents is 1. The van der Waals surface area contributed by atoms with Gasteiger partial charge in [0.15, 0.2) is 0 Å². The zero-order valence-corrected chi connectivity index (χ0v) is 15.6. The van der Waals surface area contributed by atoms with Crippen molar-refractivity contribution in [3.63, 3.8) is 0 Å². The number of hydrogen-bond acceptors (Lipinski definition) is 7. The number of hydrogen-bond donors (Lipinski definition) is 0. The van der Waals surface area contributed by atoms with Crippen molar-refractivity contribution in [3.8, 4) is 16.3 Å². The summed E-state index contributed by atoms with van der Waals surface area (Å²) in [5.41, 5.74) is 0.896. The predicted octanol–water partition coefficient (Wildman–Crippen LogP) is 4.74. The highest BCUT2D eigenvalue weighted by molar-refractivity contribution is 7.13. The molecule has 0 radical (unpaired) electrons. The molecular formula is C18H13ClN2O5S. The molecule has 0 aliphatic heterocycles. The Hall–Kier alpha value is -2.97. The fraction of sp³-hybridized carbons (Fsp3) is 0.111. The van der Waals surface area contributed by atoms with Crippen molar-refractivity contribution >= 4 is 34.6 Å². The molecule has 0 aliphatic carbocycles. The average Bonchev–Trinajstić information content (AvgIpc) is 3.15. The number of nitrogens with zero attached hydrogens (tertiary/aromatic N) is 2. The Morgan fingerprint density at radius 2 is 2.00 bits per heavy atom. The number of halogens is 1. The molecule has 0 saturated carbocycles. The molecule has 3 aromatic rings. The molecule has 1 heterocycles. The molecule has 138 valence electrons. The number of thiazole rings is 1. The van der Waals surface area contributed by atoms with E-state index in [-0.39, 0.29) is 22.9 Å². The Morgan fingerprint density at radius 1 is 1.26 bits per heavy atom. The number of nitro groups is 1. The highest BCUT2D eigenvalue weighted by atomic mass is 35.5. The van der Waals surface area contributed by atoms with Crippen LogP contribution in [0.2, 0.25) is 5.02 Å². The van der Waals surface area contributed by atoms with E-state index < -0.39 is 10.9 Å². The molecule has 2 aromatic carbocycles. The first-order chi connectivity index (χ1) is 13.0. The molecule has 1 aromatic heterocycles. The van der Waals surface area contributed by atoms with Gasteiger partial charge < -0.3 is 9.47 Å². The van der Waals surface area contributed by atoms with Gasteiger partial charge in [-0.1, -0.05) is 11.6 Å². The van der Waals surface area contributed by atoms with E-state index in [2.05, 4.69) is 4.98 Å². The van der Waals surface area contributed by atoms with Crippen LogP contribution >= 0.6 is 22.9 Å². The van der Waals surface area contributed by atoms with Gasteiger partial charge in [-0.25, -0.2) is 9.78 Å². The van der Waals surface area contributed by atoms with Gasteiger partial charge in [0, 0.05) is 22.0 Å². The highest BCUT2D eigenvalue weighted by Crippen LogP contribution is 2.27. The average molecular weight is 405 g/mol. The standard InChI is InChI=1S/C18H13ClN2O5S/c1-25-14-5-2-11(3-6-14)17-20-13(10-27-17)9-26-18(22)15-8-12(19)4-7-16(15)21(23)24/h2-8,10H,9H2,1H3. The van der Waals surface area contributed by atoms with E-state index in [0.29, 0.717) is 5.69 Å². The molecule has 0 saturated heterocycles. The second-order valence-corrected chi connectivity index (χ2v) is 6.66. The quantitative estimate of drug-likeness (QED) is 0.335. The summed E-state index contributed by atoms with van der Waals surface area (Å²) < 4.78 is 10.3. The molecule has 0 unspecified atom stereocenters. The summed E-state index contributed by atoms with van der Waals surface area (Å²) in [6.07, 6.45) is 0. The molecule has 7 nitrogen and oxygen atoms in total. The Morgan fingerprint density at radius 3 is 2.67 bits per heavy atom. The van der Waals surface area contributed by atoms with Crippen molar-refractivity contribution in [2.75, 3.05) is 7.11 Å². The maximum absolute atomic E-state index is 12.2. The second kappa shape index (κ2) is 8.15. The van der Waals surface area contributed by atoms with Gasteiger partial charge in [-0.15, -0.1) is 11.3 Å². The number of methoxy groups -OCH3 is 1. The number of carbonyl (C=O) groups excluding carboxylic acids is 1. The third kappa shape index (κ3) is 4.42. The molecular weight excluding hydrogens is 392 g/mol. The molecule has 0 amide bonds. The van der Waals surface area contributed by atoms with E-state index in [1.165, 1.54) is 29.5 Å². The minimum atomic E-state index is -0.830. The van der Waals surface area contributed by atoms with Gasteiger partial charge in [0.1, 0.15) is 22.9 Å². The van der Waals surface area contributed by atoms with Gasteiger partial charge in [0.25, 0.3) is 5.69 Å². The SMILES string of the molecule is COc1ccc(-c2nc(COC(=O)c3cc(Cl)ccc3[N+](=O)[O-])cs2)cc1. The maximum atomic E-state index is 12.2. The van der Waals surface area contributed by atoms with Crippen LogP contribution in [-0.2, 0) is 11.3 Å². The highest BCUT2D eigenvalue weighted by Gasteiger charge is 2.22. The van der Waals surface area contributed by atoms with Crippen LogP contribution in [0.25, 0.3) is 10.6 Å². The third-order valence-electron chi connectivity index (χ3n) is 3.62. The van der Waals surface area contributed by atoms with Crippen molar-refractivity contribution in [1.82, 2.24) is 4.98 Å². The van der Waals surface area contributed by atoms with Crippen molar-refractivity contribution in [2.24, 2.45) is 0 Å². The van der Waals surface area contributed by atoms with Crippen LogP contribution in [-0.4, -0.2) is 23.0 Å². The summed E-state index contributed by atoms with van der Waals surface area (Å²) in [6, 6.07) is 11.1. The Bertz CT molecular complexity index is 988. The molecule has 3 rings (SSSR count). The zero-order chi connectivity index (χ0) is 19.4. The molecule has 0 spiro atoms. The van der Waals surface area contributed by atoms with Gasteiger partial charge in [0.05, 0.1) is 17.7 Å². The van der Waals surface area contributed by atoms with E-state index in [1.54, 1.807) is 12.5 Å². The summed E-state index contributed by atoms with van der Waals surface area (Å²) in [4.78, 5) is 27.0. The molecule has 9 heteroatoms. The number of rotatable bonds is 6. The number of aromatic nitrogens is 1. The van der Waals surface area contributed by atoms with Crippen molar-refractivity contribution in [3.05, 3.63) is 74.2 Å². The summed E-state index contributed by atoms with van der Waals surface area (Å²) in [7, 11) is 1.59. The normalized spacial score (nSPS) is 10.4. The van der Waals surface area contributed by atoms with Crippen LogP contribution in [0, 0.1) is 10.1 Å². The smallest absolute Gasteiger partial charge is 0.345 e.